The molecule has 0 N–H and O–H groups in total. The second kappa shape index (κ2) is 10.4. The van der Waals surface area contributed by atoms with Crippen molar-refractivity contribution in [1.82, 2.24) is 14.7 Å². The van der Waals surface area contributed by atoms with E-state index in [9.17, 15) is 14.0 Å². The second-order valence-corrected chi connectivity index (χ2v) is 10.4. The predicted octanol–water partition coefficient (Wildman–Crippen LogP) is 4.22. The number of ether oxygens (including phenoxy) is 1. The summed E-state index contributed by atoms with van der Waals surface area (Å²) >= 11 is 1.77. The average molecular weight is 508 g/mol. The van der Waals surface area contributed by atoms with Crippen LogP contribution in [-0.2, 0) is 11.2 Å². The van der Waals surface area contributed by atoms with Gasteiger partial charge < -0.3 is 14.5 Å². The van der Waals surface area contributed by atoms with Crippen LogP contribution in [0.2, 0.25) is 0 Å². The van der Waals surface area contributed by atoms with Crippen LogP contribution in [0.5, 0.6) is 5.75 Å². The molecular formula is C28H30FN3O3S. The Balaban J connectivity index is 1.28. The number of carbonyl (C=O) groups is 2. The van der Waals surface area contributed by atoms with Crippen molar-refractivity contribution in [2.45, 2.75) is 25.4 Å². The fraction of sp³-hybridized carbons (Fsp3) is 0.357. The quantitative estimate of drug-likeness (QED) is 0.519. The van der Waals surface area contributed by atoms with Crippen molar-refractivity contribution in [3.05, 3.63) is 87.4 Å². The molecule has 2 amide bonds. The first-order valence-corrected chi connectivity index (χ1v) is 13.1. The Morgan fingerprint density at radius 3 is 2.56 bits per heavy atom. The predicted molar refractivity (Wildman–Crippen MR) is 138 cm³/mol. The summed E-state index contributed by atoms with van der Waals surface area (Å²) in [6.45, 7) is 4.28. The van der Waals surface area contributed by atoms with Crippen molar-refractivity contribution < 1.29 is 18.7 Å². The minimum absolute atomic E-state index is 0.0104. The molecule has 2 aromatic carbocycles. The fourth-order valence-corrected chi connectivity index (χ4v) is 6.17. The molecule has 1 fully saturated rings. The van der Waals surface area contributed by atoms with E-state index in [1.165, 1.54) is 22.6 Å². The Labute approximate surface area is 214 Å². The first-order chi connectivity index (χ1) is 17.5. The number of hydrogen-bond donors (Lipinski definition) is 0. The molecule has 6 nitrogen and oxygen atoms in total. The van der Waals surface area contributed by atoms with Gasteiger partial charge in [0.2, 0.25) is 5.91 Å². The van der Waals surface area contributed by atoms with Gasteiger partial charge in [0.25, 0.3) is 5.91 Å². The Bertz CT molecular complexity index is 1240. The highest BCUT2D eigenvalue weighted by Gasteiger charge is 2.35. The topological polar surface area (TPSA) is 53.1 Å². The molecule has 36 heavy (non-hydrogen) atoms. The number of methoxy groups -OCH3 is 1. The summed E-state index contributed by atoms with van der Waals surface area (Å²) in [5.41, 5.74) is 2.47. The lowest BCUT2D eigenvalue weighted by Gasteiger charge is -2.42. The normalized spacial score (nSPS) is 20.2. The number of fused-ring (bicyclic) bond motifs is 1. The Hall–Kier alpha value is -3.23. The van der Waals surface area contributed by atoms with Crippen LogP contribution in [0.15, 0.2) is 60.0 Å². The van der Waals surface area contributed by atoms with Crippen LogP contribution in [-0.4, -0.2) is 72.4 Å². The molecule has 8 heteroatoms. The van der Waals surface area contributed by atoms with E-state index < -0.39 is 5.82 Å². The van der Waals surface area contributed by atoms with Crippen molar-refractivity contribution >= 4 is 23.2 Å². The van der Waals surface area contributed by atoms with Gasteiger partial charge in [-0.05, 0) is 60.2 Å². The first-order valence-electron chi connectivity index (χ1n) is 12.2. The smallest absolute Gasteiger partial charge is 0.257 e. The van der Waals surface area contributed by atoms with E-state index in [4.69, 9.17) is 4.74 Å². The summed E-state index contributed by atoms with van der Waals surface area (Å²) in [6, 6.07) is 16.1. The molecule has 0 spiro atoms. The molecule has 0 saturated carbocycles. The third-order valence-corrected chi connectivity index (χ3v) is 8.18. The zero-order chi connectivity index (χ0) is 25.2. The minimum atomic E-state index is -0.518. The van der Waals surface area contributed by atoms with Crippen molar-refractivity contribution in [2.24, 2.45) is 0 Å². The third-order valence-electron chi connectivity index (χ3n) is 7.18. The Morgan fingerprint density at radius 2 is 1.83 bits per heavy atom. The van der Waals surface area contributed by atoms with Crippen molar-refractivity contribution in [2.75, 3.05) is 39.8 Å². The standard InChI is InChI=1S/C28H30FN3O3S/c1-19-17-30(14-15-32(19)28(34)22-5-3-4-6-24(22)29)26(33)18-31-13-11-25-23(12-16-36-25)27(31)20-7-9-21(35-2)10-8-20/h3-10,12,16,19,27H,11,13-15,17-18H2,1-2H3. The van der Waals surface area contributed by atoms with Gasteiger partial charge in [-0.2, -0.15) is 0 Å². The highest BCUT2D eigenvalue weighted by molar-refractivity contribution is 7.10. The molecular weight excluding hydrogens is 477 g/mol. The molecule has 1 saturated heterocycles. The van der Waals surface area contributed by atoms with Crippen LogP contribution < -0.4 is 4.74 Å². The van der Waals surface area contributed by atoms with Gasteiger partial charge in [-0.15, -0.1) is 11.3 Å². The third kappa shape index (κ3) is 4.75. The maximum absolute atomic E-state index is 14.2. The number of thiophene rings is 1. The van der Waals surface area contributed by atoms with Gasteiger partial charge in [-0.1, -0.05) is 24.3 Å². The molecule has 0 radical (unpaired) electrons. The van der Waals surface area contributed by atoms with E-state index in [1.54, 1.807) is 35.5 Å². The molecule has 3 aromatic rings. The van der Waals surface area contributed by atoms with Crippen LogP contribution in [0.1, 0.15) is 39.3 Å². The number of carbonyl (C=O) groups excluding carboxylic acids is 2. The molecule has 2 aliphatic rings. The van der Waals surface area contributed by atoms with Crippen molar-refractivity contribution in [3.8, 4) is 5.75 Å². The molecule has 0 bridgehead atoms. The SMILES string of the molecule is COc1ccc(C2c3ccsc3CCN2CC(=O)N2CCN(C(=O)c3ccccc3F)C(C)C2)cc1. The minimum Gasteiger partial charge on any atom is -0.497 e. The Kier molecular flexibility index (Phi) is 7.07. The van der Waals surface area contributed by atoms with Crippen LogP contribution in [0.4, 0.5) is 4.39 Å². The van der Waals surface area contributed by atoms with Crippen LogP contribution in [0.3, 0.4) is 0 Å². The molecule has 5 rings (SSSR count). The number of halogens is 1. The van der Waals surface area contributed by atoms with Gasteiger partial charge in [0.05, 0.1) is 25.3 Å². The first kappa shape index (κ1) is 24.5. The van der Waals surface area contributed by atoms with Crippen LogP contribution in [0.25, 0.3) is 0 Å². The number of hydrogen-bond acceptors (Lipinski definition) is 5. The molecule has 1 aromatic heterocycles. The van der Waals surface area contributed by atoms with Crippen molar-refractivity contribution in [1.29, 1.82) is 0 Å². The molecule has 2 aliphatic heterocycles. The largest absolute Gasteiger partial charge is 0.497 e. The molecule has 2 atom stereocenters. The number of rotatable bonds is 5. The number of piperazine rings is 1. The molecule has 2 unspecified atom stereocenters. The van der Waals surface area contributed by atoms with Gasteiger partial charge in [0, 0.05) is 37.1 Å². The summed E-state index contributed by atoms with van der Waals surface area (Å²) in [7, 11) is 1.65. The zero-order valence-electron chi connectivity index (χ0n) is 20.5. The van der Waals surface area contributed by atoms with Gasteiger partial charge in [-0.25, -0.2) is 4.39 Å². The highest BCUT2D eigenvalue weighted by Crippen LogP contribution is 2.38. The van der Waals surface area contributed by atoms with Crippen LogP contribution in [0, 0.1) is 5.82 Å². The summed E-state index contributed by atoms with van der Waals surface area (Å²) in [5, 5.41) is 2.12. The number of nitrogens with zero attached hydrogens (tertiary/aromatic N) is 3. The second-order valence-electron chi connectivity index (χ2n) is 9.36. The Morgan fingerprint density at radius 1 is 1.06 bits per heavy atom. The maximum atomic E-state index is 14.2. The molecule has 0 aliphatic carbocycles. The van der Waals surface area contributed by atoms with Gasteiger partial charge in [0.1, 0.15) is 11.6 Å². The van der Waals surface area contributed by atoms with E-state index in [1.807, 2.05) is 24.0 Å². The highest BCUT2D eigenvalue weighted by atomic mass is 32.1. The van der Waals surface area contributed by atoms with E-state index in [0.29, 0.717) is 26.2 Å². The van der Waals surface area contributed by atoms with Gasteiger partial charge in [0.15, 0.2) is 0 Å². The van der Waals surface area contributed by atoms with E-state index in [0.717, 1.165) is 24.3 Å². The van der Waals surface area contributed by atoms with Crippen LogP contribution >= 0.6 is 11.3 Å². The summed E-state index contributed by atoms with van der Waals surface area (Å²) < 4.78 is 19.5. The summed E-state index contributed by atoms with van der Waals surface area (Å²) in [5.74, 6) is 0.0144. The summed E-state index contributed by atoms with van der Waals surface area (Å²) in [4.78, 5) is 33.5. The van der Waals surface area contributed by atoms with E-state index in [2.05, 4.69) is 28.5 Å². The van der Waals surface area contributed by atoms with Crippen molar-refractivity contribution in [3.63, 3.8) is 0 Å². The van der Waals surface area contributed by atoms with Gasteiger partial charge in [-0.3, -0.25) is 14.5 Å². The zero-order valence-corrected chi connectivity index (χ0v) is 21.3. The fourth-order valence-electron chi connectivity index (χ4n) is 5.26. The summed E-state index contributed by atoms with van der Waals surface area (Å²) in [6.07, 6.45) is 0.925. The lowest BCUT2D eigenvalue weighted by Crippen LogP contribution is -2.57. The lowest BCUT2D eigenvalue weighted by atomic mass is 9.93. The van der Waals surface area contributed by atoms with Gasteiger partial charge >= 0.3 is 0 Å². The molecule has 188 valence electrons. The maximum Gasteiger partial charge on any atom is 0.257 e. The van der Waals surface area contributed by atoms with E-state index >= 15 is 0 Å². The number of benzene rings is 2. The molecule has 3 heterocycles. The monoisotopic (exact) mass is 507 g/mol. The average Bonchev–Trinajstić information content (AvgIpc) is 3.37. The lowest BCUT2D eigenvalue weighted by molar-refractivity contribution is -0.135. The van der Waals surface area contributed by atoms with E-state index in [-0.39, 0.29) is 29.5 Å². The number of amides is 2.